The molecule has 2 atom stereocenters. The van der Waals surface area contributed by atoms with Gasteiger partial charge in [0.05, 0.1) is 0 Å². The maximum absolute atomic E-state index is 12.2. The molecule has 22 heavy (non-hydrogen) atoms. The Balaban J connectivity index is 1.97. The van der Waals surface area contributed by atoms with Gasteiger partial charge in [0.15, 0.2) is 0 Å². The van der Waals surface area contributed by atoms with Crippen LogP contribution in [-0.4, -0.2) is 50.6 Å². The van der Waals surface area contributed by atoms with E-state index in [2.05, 4.69) is 0 Å². The van der Waals surface area contributed by atoms with Crippen molar-refractivity contribution < 1.29 is 24.9 Å². The van der Waals surface area contributed by atoms with Gasteiger partial charge in [-0.15, -0.1) is 0 Å². The lowest BCUT2D eigenvalue weighted by atomic mass is 10.0. The van der Waals surface area contributed by atoms with Gasteiger partial charge in [0.2, 0.25) is 5.91 Å². The van der Waals surface area contributed by atoms with Crippen LogP contribution in [0.4, 0.5) is 0 Å². The number of hydrogen-bond donors (Lipinski definition) is 4. The molecule has 0 aliphatic carbocycles. The number of nitrogens with two attached hydrogens (primary N) is 1. The zero-order chi connectivity index (χ0) is 16.3. The molecule has 7 nitrogen and oxygen atoms in total. The topological polar surface area (TPSA) is 124 Å². The van der Waals surface area contributed by atoms with Gasteiger partial charge in [-0.25, -0.2) is 0 Å². The third-order valence-corrected chi connectivity index (χ3v) is 3.95. The first kappa shape index (κ1) is 16.4. The average Bonchev–Trinajstić information content (AvgIpc) is 2.80. The Labute approximate surface area is 128 Å². The number of amides is 2. The van der Waals surface area contributed by atoms with Crippen LogP contribution in [-0.2, 0) is 16.0 Å². The van der Waals surface area contributed by atoms with Gasteiger partial charge in [-0.2, -0.15) is 0 Å². The summed E-state index contributed by atoms with van der Waals surface area (Å²) in [7, 11) is 0. The molecule has 0 spiro atoms. The maximum Gasteiger partial charge on any atom is 0.261 e. The molecule has 0 bridgehead atoms. The molecule has 1 unspecified atom stereocenters. The number of carbonyl (C=O) groups excluding carboxylic acids is 2. The maximum atomic E-state index is 12.2. The zero-order valence-corrected chi connectivity index (χ0v) is 12.1. The number of carbonyl (C=O) groups is 2. The zero-order valence-electron chi connectivity index (χ0n) is 12.1. The number of aliphatic hydroxyl groups excluding tert-OH is 1. The Bertz CT molecular complexity index is 546. The summed E-state index contributed by atoms with van der Waals surface area (Å²) in [5, 5.41) is 29.8. The van der Waals surface area contributed by atoms with E-state index in [0.29, 0.717) is 11.3 Å². The first-order chi connectivity index (χ1) is 10.3. The van der Waals surface area contributed by atoms with Gasteiger partial charge in [-0.1, -0.05) is 30.3 Å². The minimum absolute atomic E-state index is 0.0398. The number of aryl methyl sites for hydroxylation is 1. The highest BCUT2D eigenvalue weighted by Crippen LogP contribution is 2.31. The highest BCUT2D eigenvalue weighted by Gasteiger charge is 2.52. The number of aliphatic hydroxyl groups is 3. The Morgan fingerprint density at radius 2 is 1.95 bits per heavy atom. The average molecular weight is 308 g/mol. The minimum Gasteiger partial charge on any atom is -0.383 e. The lowest BCUT2D eigenvalue weighted by Gasteiger charge is -2.32. The molecular formula is C15H20N2O5. The molecule has 0 radical (unpaired) electrons. The van der Waals surface area contributed by atoms with E-state index >= 15 is 0 Å². The van der Waals surface area contributed by atoms with Crippen LogP contribution in [0.5, 0.6) is 0 Å². The lowest BCUT2D eigenvalue weighted by molar-refractivity contribution is -0.260. The number of rotatable bonds is 5. The van der Waals surface area contributed by atoms with Gasteiger partial charge in [0.25, 0.3) is 11.8 Å². The summed E-state index contributed by atoms with van der Waals surface area (Å²) >= 11 is 0. The van der Waals surface area contributed by atoms with E-state index in [1.165, 1.54) is 0 Å². The standard InChI is InChI=1S/C15H20N2O5/c16-13(19)11-8-9-17(15(11,21)22)14(20)12(18)7-6-10-4-2-1-3-5-10/h1-5,11-12,18,21-22H,6-9H2,(H2,16,19)/t11?,12-/m1/s1. The van der Waals surface area contributed by atoms with Gasteiger partial charge >= 0.3 is 0 Å². The second kappa shape index (κ2) is 6.43. The molecule has 2 amide bonds. The Hall–Kier alpha value is -1.96. The van der Waals surface area contributed by atoms with E-state index in [1.54, 1.807) is 0 Å². The fourth-order valence-corrected chi connectivity index (χ4v) is 2.66. The highest BCUT2D eigenvalue weighted by atomic mass is 16.5. The quantitative estimate of drug-likeness (QED) is 0.517. The normalized spacial score (nSPS) is 21.6. The number of benzene rings is 1. The van der Waals surface area contributed by atoms with E-state index in [9.17, 15) is 24.9 Å². The Morgan fingerprint density at radius 3 is 2.50 bits per heavy atom. The van der Waals surface area contributed by atoms with Gasteiger partial charge in [0.1, 0.15) is 12.0 Å². The fraction of sp³-hybridized carbons (Fsp3) is 0.467. The Kier molecular flexibility index (Phi) is 4.80. The van der Waals surface area contributed by atoms with Crippen LogP contribution in [0.15, 0.2) is 30.3 Å². The molecule has 0 saturated carbocycles. The van der Waals surface area contributed by atoms with Crippen molar-refractivity contribution in [1.29, 1.82) is 0 Å². The summed E-state index contributed by atoms with van der Waals surface area (Å²) in [5.74, 6) is -5.60. The third-order valence-electron chi connectivity index (χ3n) is 3.95. The molecule has 1 aromatic rings. The molecule has 2 rings (SSSR count). The molecule has 1 fully saturated rings. The first-order valence-corrected chi connectivity index (χ1v) is 7.11. The molecule has 1 aliphatic heterocycles. The van der Waals surface area contributed by atoms with E-state index in [1.807, 2.05) is 30.3 Å². The molecule has 1 aliphatic rings. The predicted molar refractivity (Wildman–Crippen MR) is 77.0 cm³/mol. The number of likely N-dealkylation sites (tertiary alicyclic amines) is 1. The summed E-state index contributed by atoms with van der Waals surface area (Å²) in [6, 6.07) is 9.32. The smallest absolute Gasteiger partial charge is 0.261 e. The third kappa shape index (κ3) is 3.27. The van der Waals surface area contributed by atoms with Crippen molar-refractivity contribution in [3.05, 3.63) is 35.9 Å². The molecule has 0 aromatic heterocycles. The van der Waals surface area contributed by atoms with Gasteiger partial charge < -0.3 is 21.1 Å². The van der Waals surface area contributed by atoms with Gasteiger partial charge in [-0.3, -0.25) is 14.5 Å². The largest absolute Gasteiger partial charge is 0.383 e. The second-order valence-electron chi connectivity index (χ2n) is 5.46. The molecule has 5 N–H and O–H groups in total. The number of hydrogen-bond acceptors (Lipinski definition) is 5. The minimum atomic E-state index is -2.64. The summed E-state index contributed by atoms with van der Waals surface area (Å²) in [6.07, 6.45) is -0.689. The molecular weight excluding hydrogens is 288 g/mol. The molecule has 1 saturated heterocycles. The molecule has 1 heterocycles. The van der Waals surface area contributed by atoms with Crippen LogP contribution in [0, 0.1) is 5.92 Å². The summed E-state index contributed by atoms with van der Waals surface area (Å²) < 4.78 is 0. The van der Waals surface area contributed by atoms with Crippen molar-refractivity contribution in [2.24, 2.45) is 11.7 Å². The monoisotopic (exact) mass is 308 g/mol. The van der Waals surface area contributed by atoms with Crippen LogP contribution >= 0.6 is 0 Å². The van der Waals surface area contributed by atoms with Crippen LogP contribution in [0.3, 0.4) is 0 Å². The predicted octanol–water partition coefficient (Wildman–Crippen LogP) is -1.05. The van der Waals surface area contributed by atoms with E-state index in [0.717, 1.165) is 5.56 Å². The van der Waals surface area contributed by atoms with E-state index in [-0.39, 0.29) is 19.4 Å². The van der Waals surface area contributed by atoms with Crippen molar-refractivity contribution in [3.63, 3.8) is 0 Å². The molecule has 120 valence electrons. The Morgan fingerprint density at radius 1 is 1.32 bits per heavy atom. The number of primary amides is 1. The summed E-state index contributed by atoms with van der Waals surface area (Å²) in [6.45, 7) is -0.0398. The van der Waals surface area contributed by atoms with Crippen molar-refractivity contribution >= 4 is 11.8 Å². The van der Waals surface area contributed by atoms with Gasteiger partial charge in [0, 0.05) is 6.54 Å². The van der Waals surface area contributed by atoms with Crippen molar-refractivity contribution in [2.75, 3.05) is 6.54 Å². The molecule has 1 aromatic carbocycles. The van der Waals surface area contributed by atoms with Crippen LogP contribution in [0.25, 0.3) is 0 Å². The summed E-state index contributed by atoms with van der Waals surface area (Å²) in [4.78, 5) is 24.0. The first-order valence-electron chi connectivity index (χ1n) is 7.11. The van der Waals surface area contributed by atoms with Crippen molar-refractivity contribution in [3.8, 4) is 0 Å². The van der Waals surface area contributed by atoms with Crippen LogP contribution in [0.1, 0.15) is 18.4 Å². The van der Waals surface area contributed by atoms with Crippen LogP contribution < -0.4 is 5.73 Å². The summed E-state index contributed by atoms with van der Waals surface area (Å²) in [5.41, 5.74) is 6.05. The molecule has 7 heteroatoms. The van der Waals surface area contributed by atoms with Crippen molar-refractivity contribution in [2.45, 2.75) is 31.3 Å². The van der Waals surface area contributed by atoms with Crippen LogP contribution in [0.2, 0.25) is 0 Å². The van der Waals surface area contributed by atoms with Gasteiger partial charge in [-0.05, 0) is 24.8 Å². The second-order valence-corrected chi connectivity index (χ2v) is 5.46. The van der Waals surface area contributed by atoms with Crippen molar-refractivity contribution in [1.82, 2.24) is 4.90 Å². The lowest BCUT2D eigenvalue weighted by Crippen LogP contribution is -2.56. The van der Waals surface area contributed by atoms with E-state index < -0.39 is 29.7 Å². The highest BCUT2D eigenvalue weighted by molar-refractivity contribution is 5.84. The van der Waals surface area contributed by atoms with E-state index in [4.69, 9.17) is 5.73 Å². The fourth-order valence-electron chi connectivity index (χ4n) is 2.66. The SMILES string of the molecule is NC(=O)C1CCN(C(=O)[C@H](O)CCc2ccccc2)C1(O)O. The number of nitrogens with zero attached hydrogens (tertiary/aromatic N) is 1.